The molecule has 0 aromatic rings. The molecule has 0 aromatic carbocycles. The molecule has 3 heteroatoms. The number of amides is 1. The van der Waals surface area contributed by atoms with Crippen LogP contribution in [-0.2, 0) is 4.79 Å². The van der Waals surface area contributed by atoms with Gasteiger partial charge in [0.2, 0.25) is 5.91 Å². The maximum Gasteiger partial charge on any atom is 0.240 e. The lowest BCUT2D eigenvalue weighted by Crippen LogP contribution is -2.42. The first-order chi connectivity index (χ1) is 8.58. The standard InChI is InChI=1S/C15H28N2O/c1-11(2)5-4-6-12(3)17-10-9-14(15(17)18)16-13-7-8-13/h11-14,16H,4-10H2,1-3H3. The molecule has 2 aliphatic rings. The molecule has 1 heterocycles. The summed E-state index contributed by atoms with van der Waals surface area (Å²) in [6.07, 6.45) is 7.19. The normalized spacial score (nSPS) is 26.1. The van der Waals surface area contributed by atoms with Crippen molar-refractivity contribution in [3.63, 3.8) is 0 Å². The second-order valence-corrected chi connectivity index (χ2v) is 6.49. The molecule has 0 bridgehead atoms. The van der Waals surface area contributed by atoms with Crippen molar-refractivity contribution in [1.82, 2.24) is 10.2 Å². The van der Waals surface area contributed by atoms with Gasteiger partial charge in [-0.05, 0) is 38.5 Å². The van der Waals surface area contributed by atoms with E-state index < -0.39 is 0 Å². The zero-order chi connectivity index (χ0) is 13.1. The maximum atomic E-state index is 12.3. The number of carbonyl (C=O) groups is 1. The number of rotatable bonds is 7. The predicted molar refractivity (Wildman–Crippen MR) is 74.4 cm³/mol. The van der Waals surface area contributed by atoms with Crippen molar-refractivity contribution < 1.29 is 4.79 Å². The molecule has 2 rings (SSSR count). The van der Waals surface area contributed by atoms with Crippen LogP contribution in [0.1, 0.15) is 59.3 Å². The molecule has 1 aliphatic heterocycles. The molecule has 1 saturated carbocycles. The quantitative estimate of drug-likeness (QED) is 0.755. The Bertz CT molecular complexity index is 286. The van der Waals surface area contributed by atoms with Crippen molar-refractivity contribution in [2.75, 3.05) is 6.54 Å². The van der Waals surface area contributed by atoms with E-state index in [1.54, 1.807) is 0 Å². The van der Waals surface area contributed by atoms with Crippen LogP contribution in [0, 0.1) is 5.92 Å². The van der Waals surface area contributed by atoms with Gasteiger partial charge in [-0.1, -0.05) is 26.7 Å². The molecule has 3 nitrogen and oxygen atoms in total. The lowest BCUT2D eigenvalue weighted by Gasteiger charge is -2.25. The van der Waals surface area contributed by atoms with Gasteiger partial charge in [0.25, 0.3) is 0 Å². The van der Waals surface area contributed by atoms with Gasteiger partial charge in [0, 0.05) is 18.6 Å². The summed E-state index contributed by atoms with van der Waals surface area (Å²) in [5.74, 6) is 1.12. The predicted octanol–water partition coefficient (Wildman–Crippen LogP) is 2.55. The largest absolute Gasteiger partial charge is 0.339 e. The third kappa shape index (κ3) is 3.71. The summed E-state index contributed by atoms with van der Waals surface area (Å²) in [7, 11) is 0. The lowest BCUT2D eigenvalue weighted by molar-refractivity contribution is -0.131. The Labute approximate surface area is 111 Å². The molecule has 0 spiro atoms. The van der Waals surface area contributed by atoms with E-state index in [0.29, 0.717) is 18.0 Å². The van der Waals surface area contributed by atoms with Crippen LogP contribution in [0.25, 0.3) is 0 Å². The molecule has 0 aromatic heterocycles. The number of carbonyl (C=O) groups excluding carboxylic acids is 1. The minimum absolute atomic E-state index is 0.116. The summed E-state index contributed by atoms with van der Waals surface area (Å²) >= 11 is 0. The average Bonchev–Trinajstić information content (AvgIpc) is 3.03. The molecule has 1 N–H and O–H groups in total. The Kier molecular flexibility index (Phi) is 4.66. The number of nitrogens with one attached hydrogen (secondary N) is 1. The number of nitrogens with zero attached hydrogens (tertiary/aromatic N) is 1. The van der Waals surface area contributed by atoms with Crippen LogP contribution >= 0.6 is 0 Å². The lowest BCUT2D eigenvalue weighted by atomic mass is 10.0. The summed E-state index contributed by atoms with van der Waals surface area (Å²) < 4.78 is 0. The molecular weight excluding hydrogens is 224 g/mol. The Morgan fingerprint density at radius 3 is 2.56 bits per heavy atom. The van der Waals surface area contributed by atoms with E-state index in [-0.39, 0.29) is 6.04 Å². The van der Waals surface area contributed by atoms with Crippen LogP contribution in [0.2, 0.25) is 0 Å². The van der Waals surface area contributed by atoms with Gasteiger partial charge < -0.3 is 10.2 Å². The van der Waals surface area contributed by atoms with E-state index in [2.05, 4.69) is 31.0 Å². The Morgan fingerprint density at radius 2 is 1.94 bits per heavy atom. The zero-order valence-corrected chi connectivity index (χ0v) is 12.1. The molecule has 104 valence electrons. The van der Waals surface area contributed by atoms with Crippen molar-refractivity contribution in [2.45, 2.75) is 77.4 Å². The summed E-state index contributed by atoms with van der Waals surface area (Å²) in [4.78, 5) is 14.4. The molecule has 1 aliphatic carbocycles. The van der Waals surface area contributed by atoms with Crippen LogP contribution in [0.3, 0.4) is 0 Å². The third-order valence-electron chi connectivity index (χ3n) is 4.19. The van der Waals surface area contributed by atoms with Gasteiger partial charge >= 0.3 is 0 Å². The van der Waals surface area contributed by atoms with Gasteiger partial charge in [0.05, 0.1) is 6.04 Å². The minimum Gasteiger partial charge on any atom is -0.339 e. The van der Waals surface area contributed by atoms with E-state index in [1.807, 2.05) is 0 Å². The molecule has 0 radical (unpaired) electrons. The Morgan fingerprint density at radius 1 is 1.22 bits per heavy atom. The van der Waals surface area contributed by atoms with E-state index in [9.17, 15) is 4.79 Å². The SMILES string of the molecule is CC(C)CCCC(C)N1CCC(NC2CC2)C1=O. The highest BCUT2D eigenvalue weighted by atomic mass is 16.2. The van der Waals surface area contributed by atoms with E-state index in [0.717, 1.165) is 25.3 Å². The van der Waals surface area contributed by atoms with Crippen LogP contribution in [0.5, 0.6) is 0 Å². The fraction of sp³-hybridized carbons (Fsp3) is 0.933. The Balaban J connectivity index is 1.73. The number of hydrogen-bond acceptors (Lipinski definition) is 2. The van der Waals surface area contributed by atoms with E-state index >= 15 is 0 Å². The monoisotopic (exact) mass is 252 g/mol. The van der Waals surface area contributed by atoms with Gasteiger partial charge in [-0.15, -0.1) is 0 Å². The van der Waals surface area contributed by atoms with Crippen LogP contribution < -0.4 is 5.32 Å². The van der Waals surface area contributed by atoms with Gasteiger partial charge in [0.15, 0.2) is 0 Å². The second kappa shape index (κ2) is 6.05. The summed E-state index contributed by atoms with van der Waals surface area (Å²) in [5.41, 5.74) is 0. The molecule has 1 amide bonds. The number of likely N-dealkylation sites (tertiary alicyclic amines) is 1. The van der Waals surface area contributed by atoms with E-state index in [1.165, 1.54) is 25.7 Å². The second-order valence-electron chi connectivity index (χ2n) is 6.49. The summed E-state index contributed by atoms with van der Waals surface area (Å²) in [5, 5.41) is 3.47. The first-order valence-corrected chi connectivity index (χ1v) is 7.64. The highest BCUT2D eigenvalue weighted by Crippen LogP contribution is 2.24. The fourth-order valence-electron chi connectivity index (χ4n) is 2.81. The smallest absolute Gasteiger partial charge is 0.240 e. The maximum absolute atomic E-state index is 12.3. The first-order valence-electron chi connectivity index (χ1n) is 7.64. The molecule has 2 atom stereocenters. The topological polar surface area (TPSA) is 32.3 Å². The highest BCUT2D eigenvalue weighted by molar-refractivity contribution is 5.84. The van der Waals surface area contributed by atoms with Gasteiger partial charge in [-0.3, -0.25) is 4.79 Å². The van der Waals surface area contributed by atoms with Gasteiger partial charge in [-0.2, -0.15) is 0 Å². The zero-order valence-electron chi connectivity index (χ0n) is 12.1. The Hall–Kier alpha value is -0.570. The molecule has 1 saturated heterocycles. The van der Waals surface area contributed by atoms with Crippen molar-refractivity contribution in [2.24, 2.45) is 5.92 Å². The summed E-state index contributed by atoms with van der Waals surface area (Å²) in [6.45, 7) is 7.69. The highest BCUT2D eigenvalue weighted by Gasteiger charge is 2.37. The van der Waals surface area contributed by atoms with E-state index in [4.69, 9.17) is 0 Å². The van der Waals surface area contributed by atoms with Crippen molar-refractivity contribution >= 4 is 5.91 Å². The summed E-state index contributed by atoms with van der Waals surface area (Å²) in [6, 6.07) is 1.17. The van der Waals surface area contributed by atoms with Crippen molar-refractivity contribution in [3.05, 3.63) is 0 Å². The molecule has 2 unspecified atom stereocenters. The minimum atomic E-state index is 0.116. The number of hydrogen-bond donors (Lipinski definition) is 1. The van der Waals surface area contributed by atoms with Gasteiger partial charge in [-0.25, -0.2) is 0 Å². The average molecular weight is 252 g/mol. The van der Waals surface area contributed by atoms with Crippen LogP contribution in [-0.4, -0.2) is 35.5 Å². The molecular formula is C15H28N2O. The third-order valence-corrected chi connectivity index (χ3v) is 4.19. The molecule has 18 heavy (non-hydrogen) atoms. The molecule has 2 fully saturated rings. The van der Waals surface area contributed by atoms with Gasteiger partial charge in [0.1, 0.15) is 0 Å². The van der Waals surface area contributed by atoms with Crippen LogP contribution in [0.4, 0.5) is 0 Å². The fourth-order valence-corrected chi connectivity index (χ4v) is 2.81. The van der Waals surface area contributed by atoms with Crippen molar-refractivity contribution in [1.29, 1.82) is 0 Å². The van der Waals surface area contributed by atoms with Crippen LogP contribution in [0.15, 0.2) is 0 Å². The van der Waals surface area contributed by atoms with Crippen molar-refractivity contribution in [3.8, 4) is 0 Å². The first kappa shape index (κ1) is 13.9.